The summed E-state index contributed by atoms with van der Waals surface area (Å²) in [6.07, 6.45) is 1.87. The molecule has 1 saturated carbocycles. The maximum atomic E-state index is 12.2. The summed E-state index contributed by atoms with van der Waals surface area (Å²) in [7, 11) is 0. The number of urea groups is 1. The first-order valence-corrected chi connectivity index (χ1v) is 6.89. The van der Waals surface area contributed by atoms with Crippen molar-refractivity contribution in [2.24, 2.45) is 5.92 Å². The van der Waals surface area contributed by atoms with Crippen LogP contribution in [0.15, 0.2) is 24.3 Å². The van der Waals surface area contributed by atoms with Crippen molar-refractivity contribution in [1.82, 2.24) is 5.32 Å². The van der Waals surface area contributed by atoms with E-state index < -0.39 is 18.5 Å². The number of nitrogens with one attached hydrogen (secondary N) is 1. The molecule has 0 aromatic heterocycles. The van der Waals surface area contributed by atoms with Crippen LogP contribution in [0.4, 0.5) is 10.5 Å². The second-order valence-electron chi connectivity index (χ2n) is 5.18. The number of halogens is 1. The van der Waals surface area contributed by atoms with Gasteiger partial charge in [-0.1, -0.05) is 24.6 Å². The smallest absolute Gasteiger partial charge is 0.323 e. The molecule has 1 aromatic carbocycles. The first-order chi connectivity index (χ1) is 9.45. The zero-order valence-electron chi connectivity index (χ0n) is 11.2. The number of rotatable bonds is 4. The van der Waals surface area contributed by atoms with E-state index in [2.05, 4.69) is 12.2 Å². The molecular formula is C14H17ClN2O3. The molecule has 108 valence electrons. The summed E-state index contributed by atoms with van der Waals surface area (Å²) < 4.78 is 0. The van der Waals surface area contributed by atoms with Crippen molar-refractivity contribution >= 4 is 29.3 Å². The van der Waals surface area contributed by atoms with E-state index in [-0.39, 0.29) is 6.04 Å². The fourth-order valence-corrected chi connectivity index (χ4v) is 2.52. The lowest BCUT2D eigenvalue weighted by Gasteiger charge is -2.35. The Labute approximate surface area is 122 Å². The van der Waals surface area contributed by atoms with E-state index in [9.17, 15) is 9.59 Å². The van der Waals surface area contributed by atoms with Crippen LogP contribution >= 0.6 is 11.6 Å². The van der Waals surface area contributed by atoms with Crippen molar-refractivity contribution in [3.8, 4) is 0 Å². The topological polar surface area (TPSA) is 69.6 Å². The van der Waals surface area contributed by atoms with Crippen LogP contribution in [0.5, 0.6) is 0 Å². The number of hydrogen-bond donors (Lipinski definition) is 2. The summed E-state index contributed by atoms with van der Waals surface area (Å²) in [5.74, 6) is -0.457. The second-order valence-corrected chi connectivity index (χ2v) is 5.62. The maximum absolute atomic E-state index is 12.2. The third-order valence-corrected chi connectivity index (χ3v) is 3.59. The summed E-state index contributed by atoms with van der Waals surface area (Å²) in [6, 6.07) is 6.34. The molecule has 0 unspecified atom stereocenters. The van der Waals surface area contributed by atoms with E-state index in [0.717, 1.165) is 12.8 Å². The molecule has 0 spiro atoms. The summed E-state index contributed by atoms with van der Waals surface area (Å²) in [5.41, 5.74) is 0.477. The van der Waals surface area contributed by atoms with Gasteiger partial charge in [0.1, 0.15) is 6.54 Å². The molecule has 1 aliphatic rings. The Morgan fingerprint density at radius 2 is 2.15 bits per heavy atom. The minimum Gasteiger partial charge on any atom is -0.480 e. The van der Waals surface area contributed by atoms with Crippen LogP contribution in [-0.4, -0.2) is 29.7 Å². The molecular weight excluding hydrogens is 280 g/mol. The van der Waals surface area contributed by atoms with Crippen LogP contribution in [0.2, 0.25) is 5.02 Å². The second kappa shape index (κ2) is 6.13. The average molecular weight is 297 g/mol. The predicted molar refractivity (Wildman–Crippen MR) is 77.2 cm³/mol. The van der Waals surface area contributed by atoms with Crippen LogP contribution in [0.3, 0.4) is 0 Å². The highest BCUT2D eigenvalue weighted by Gasteiger charge is 2.29. The van der Waals surface area contributed by atoms with E-state index in [4.69, 9.17) is 16.7 Å². The molecule has 1 aromatic rings. The highest BCUT2D eigenvalue weighted by atomic mass is 35.5. The summed E-state index contributed by atoms with van der Waals surface area (Å²) in [5, 5.41) is 12.3. The first kappa shape index (κ1) is 14.7. The summed E-state index contributed by atoms with van der Waals surface area (Å²) >= 11 is 5.89. The molecule has 0 bridgehead atoms. The number of carbonyl (C=O) groups is 2. The van der Waals surface area contributed by atoms with Crippen molar-refractivity contribution in [3.63, 3.8) is 0 Å². The van der Waals surface area contributed by atoms with Gasteiger partial charge in [0.2, 0.25) is 0 Å². The number of nitrogens with zero attached hydrogens (tertiary/aromatic N) is 1. The molecule has 0 radical (unpaired) electrons. The standard InChI is InChI=1S/C14H17ClN2O3/c1-9-5-11(6-9)16-14(20)17(8-13(18)19)12-4-2-3-10(15)7-12/h2-4,7,9,11H,5-6,8H2,1H3,(H,16,20)(H,18,19). The van der Waals surface area contributed by atoms with Crippen LogP contribution in [0, 0.1) is 5.92 Å². The Hall–Kier alpha value is -1.75. The van der Waals surface area contributed by atoms with Gasteiger partial charge in [0.15, 0.2) is 0 Å². The number of carbonyl (C=O) groups excluding carboxylic acids is 1. The molecule has 6 heteroatoms. The average Bonchev–Trinajstić information content (AvgIpc) is 2.33. The van der Waals surface area contributed by atoms with Gasteiger partial charge in [-0.2, -0.15) is 0 Å². The van der Waals surface area contributed by atoms with Crippen LogP contribution in [-0.2, 0) is 4.79 Å². The third-order valence-electron chi connectivity index (χ3n) is 3.36. The fourth-order valence-electron chi connectivity index (χ4n) is 2.33. The highest BCUT2D eigenvalue weighted by Crippen LogP contribution is 2.27. The number of carboxylic acids is 1. The van der Waals surface area contributed by atoms with E-state index in [1.807, 2.05) is 0 Å². The van der Waals surface area contributed by atoms with Gasteiger partial charge in [0.25, 0.3) is 0 Å². The van der Waals surface area contributed by atoms with Gasteiger partial charge in [-0.25, -0.2) is 4.79 Å². The molecule has 1 aliphatic carbocycles. The van der Waals surface area contributed by atoms with Gasteiger partial charge in [-0.15, -0.1) is 0 Å². The van der Waals surface area contributed by atoms with Crippen LogP contribution in [0.25, 0.3) is 0 Å². The van der Waals surface area contributed by atoms with E-state index in [0.29, 0.717) is 16.6 Å². The lowest BCUT2D eigenvalue weighted by Crippen LogP contribution is -2.50. The van der Waals surface area contributed by atoms with Gasteiger partial charge in [0, 0.05) is 16.8 Å². The molecule has 1 fully saturated rings. The monoisotopic (exact) mass is 296 g/mol. The molecule has 2 amide bonds. The number of benzene rings is 1. The SMILES string of the molecule is CC1CC(NC(=O)N(CC(=O)O)c2cccc(Cl)c2)C1. The zero-order valence-corrected chi connectivity index (χ0v) is 11.9. The molecule has 2 N–H and O–H groups in total. The molecule has 0 aliphatic heterocycles. The Balaban J connectivity index is 2.10. The Bertz CT molecular complexity index is 515. The third kappa shape index (κ3) is 3.63. The Morgan fingerprint density at radius 1 is 1.45 bits per heavy atom. The first-order valence-electron chi connectivity index (χ1n) is 6.51. The van der Waals surface area contributed by atoms with E-state index in [1.165, 1.54) is 4.90 Å². The Kier molecular flexibility index (Phi) is 4.49. The van der Waals surface area contributed by atoms with E-state index in [1.54, 1.807) is 24.3 Å². The Morgan fingerprint density at radius 3 is 2.70 bits per heavy atom. The zero-order chi connectivity index (χ0) is 14.7. The van der Waals surface area contributed by atoms with Gasteiger partial charge in [0.05, 0.1) is 0 Å². The number of anilines is 1. The van der Waals surface area contributed by atoms with Crippen molar-refractivity contribution in [3.05, 3.63) is 29.3 Å². The largest absolute Gasteiger partial charge is 0.480 e. The van der Waals surface area contributed by atoms with Crippen molar-refractivity contribution < 1.29 is 14.7 Å². The predicted octanol–water partition coefficient (Wildman–Crippen LogP) is 2.74. The van der Waals surface area contributed by atoms with Crippen LogP contribution < -0.4 is 10.2 Å². The minimum atomic E-state index is -1.07. The van der Waals surface area contributed by atoms with Crippen molar-refractivity contribution in [2.45, 2.75) is 25.8 Å². The molecule has 0 heterocycles. The normalized spacial score (nSPS) is 20.9. The molecule has 0 atom stereocenters. The van der Waals surface area contributed by atoms with Gasteiger partial charge < -0.3 is 10.4 Å². The minimum absolute atomic E-state index is 0.132. The maximum Gasteiger partial charge on any atom is 0.323 e. The van der Waals surface area contributed by atoms with Gasteiger partial charge in [-0.05, 0) is 37.0 Å². The molecule has 0 saturated heterocycles. The van der Waals surface area contributed by atoms with Crippen molar-refractivity contribution in [2.75, 3.05) is 11.4 Å². The number of carboxylic acid groups (broad SMARTS) is 1. The van der Waals surface area contributed by atoms with Gasteiger partial charge in [-0.3, -0.25) is 9.69 Å². The van der Waals surface area contributed by atoms with Gasteiger partial charge >= 0.3 is 12.0 Å². The molecule has 20 heavy (non-hydrogen) atoms. The highest BCUT2D eigenvalue weighted by molar-refractivity contribution is 6.30. The molecule has 2 rings (SSSR count). The lowest BCUT2D eigenvalue weighted by molar-refractivity contribution is -0.135. The number of aliphatic carboxylic acids is 1. The molecule has 5 nitrogen and oxygen atoms in total. The van der Waals surface area contributed by atoms with Crippen LogP contribution in [0.1, 0.15) is 19.8 Å². The fraction of sp³-hybridized carbons (Fsp3) is 0.429. The number of amides is 2. The van der Waals surface area contributed by atoms with Crippen molar-refractivity contribution in [1.29, 1.82) is 0 Å². The summed E-state index contributed by atoms with van der Waals surface area (Å²) in [6.45, 7) is 1.73. The number of hydrogen-bond acceptors (Lipinski definition) is 2. The van der Waals surface area contributed by atoms with E-state index >= 15 is 0 Å². The lowest BCUT2D eigenvalue weighted by atomic mass is 9.82. The quantitative estimate of drug-likeness (QED) is 0.897. The summed E-state index contributed by atoms with van der Waals surface area (Å²) in [4.78, 5) is 24.3.